The number of ether oxygens (including phenoxy) is 2. The van der Waals surface area contributed by atoms with E-state index in [0.29, 0.717) is 50.4 Å². The third kappa shape index (κ3) is 6.74. The summed E-state index contributed by atoms with van der Waals surface area (Å²) in [5, 5.41) is 15.9. The lowest BCUT2D eigenvalue weighted by atomic mass is 9.98. The number of alkyl halides is 1. The smallest absolute Gasteiger partial charge is 0.293 e. The van der Waals surface area contributed by atoms with Crippen molar-refractivity contribution >= 4 is 38.3 Å². The minimum Gasteiger partial charge on any atom is -0.455 e. The fourth-order valence-electron chi connectivity index (χ4n) is 5.73. The molecule has 3 N–H and O–H groups in total. The molecule has 0 aliphatic carbocycles. The summed E-state index contributed by atoms with van der Waals surface area (Å²) in [6, 6.07) is 12.7. The molecule has 6 rings (SSSR count). The summed E-state index contributed by atoms with van der Waals surface area (Å²) >= 11 is 0. The summed E-state index contributed by atoms with van der Waals surface area (Å²) in [7, 11) is -4.51. The molecule has 15 heteroatoms. The fraction of sp³-hybridized carbons (Fsp3) is 0.333. The van der Waals surface area contributed by atoms with Crippen LogP contribution in [0.15, 0.2) is 71.9 Å². The number of para-hydroxylation sites is 1. The molecule has 2 aromatic carbocycles. The van der Waals surface area contributed by atoms with Gasteiger partial charge in [-0.1, -0.05) is 12.1 Å². The molecule has 0 unspecified atom stereocenters. The first-order valence-corrected chi connectivity index (χ1v) is 15.9. The maximum absolute atomic E-state index is 14.3. The number of benzene rings is 2. The van der Waals surface area contributed by atoms with Crippen molar-refractivity contribution in [1.29, 1.82) is 0 Å². The van der Waals surface area contributed by atoms with Gasteiger partial charge in [0.1, 0.15) is 29.0 Å². The summed E-state index contributed by atoms with van der Waals surface area (Å²) in [4.78, 5) is 33.3. The van der Waals surface area contributed by atoms with Crippen molar-refractivity contribution in [2.24, 2.45) is 0 Å². The number of nitro groups is 1. The van der Waals surface area contributed by atoms with Gasteiger partial charge in [-0.3, -0.25) is 19.8 Å². The number of amides is 1. The molecular weight excluding hydrogens is 607 g/mol. The molecule has 4 heterocycles. The van der Waals surface area contributed by atoms with Crippen LogP contribution in [0.25, 0.3) is 11.0 Å². The number of carbonyl (C=O) groups is 1. The average Bonchev–Trinajstić information content (AvgIpc) is 3.50. The quantitative estimate of drug-likeness (QED) is 0.177. The Morgan fingerprint density at radius 1 is 1.13 bits per heavy atom. The van der Waals surface area contributed by atoms with E-state index in [1.165, 1.54) is 30.5 Å². The number of hydrogen-bond acceptors (Lipinski definition) is 10. The molecule has 236 valence electrons. The number of hydrogen-bond donors (Lipinski definition) is 3. The van der Waals surface area contributed by atoms with Gasteiger partial charge in [0.2, 0.25) is 0 Å². The van der Waals surface area contributed by atoms with Gasteiger partial charge in [-0.05, 0) is 55.7 Å². The van der Waals surface area contributed by atoms with Crippen molar-refractivity contribution in [3.8, 4) is 11.5 Å². The lowest BCUT2D eigenvalue weighted by Crippen LogP contribution is -2.51. The normalized spacial score (nSPS) is 19.7. The van der Waals surface area contributed by atoms with Crippen molar-refractivity contribution in [2.45, 2.75) is 42.4 Å². The number of aromatic nitrogens is 2. The Hall–Kier alpha value is -4.60. The number of H-pyrrole nitrogens is 1. The molecule has 2 aromatic heterocycles. The van der Waals surface area contributed by atoms with E-state index in [1.54, 1.807) is 30.5 Å². The lowest BCUT2D eigenvalue weighted by Gasteiger charge is -2.40. The highest BCUT2D eigenvalue weighted by Crippen LogP contribution is 2.31. The van der Waals surface area contributed by atoms with Crippen molar-refractivity contribution in [2.75, 3.05) is 31.6 Å². The Kier molecular flexibility index (Phi) is 8.65. The van der Waals surface area contributed by atoms with Crippen LogP contribution in [0, 0.1) is 10.1 Å². The summed E-state index contributed by atoms with van der Waals surface area (Å²) < 4.78 is 53.8. The van der Waals surface area contributed by atoms with Gasteiger partial charge in [0.15, 0.2) is 0 Å². The largest absolute Gasteiger partial charge is 0.455 e. The minimum absolute atomic E-state index is 0.0609. The van der Waals surface area contributed by atoms with Crippen LogP contribution in [0.2, 0.25) is 0 Å². The van der Waals surface area contributed by atoms with Crippen LogP contribution >= 0.6 is 0 Å². The van der Waals surface area contributed by atoms with Gasteiger partial charge in [0, 0.05) is 49.4 Å². The molecule has 1 amide bonds. The number of sulfonamides is 1. The number of likely N-dealkylation sites (tertiary alicyclic amines) is 1. The fourth-order valence-corrected chi connectivity index (χ4v) is 6.72. The van der Waals surface area contributed by atoms with E-state index in [9.17, 15) is 27.7 Å². The Balaban J connectivity index is 1.14. The van der Waals surface area contributed by atoms with Gasteiger partial charge >= 0.3 is 0 Å². The number of aromatic amines is 1. The molecule has 0 saturated carbocycles. The number of nitrogens with zero attached hydrogens (tertiary/aromatic N) is 3. The minimum atomic E-state index is -4.51. The van der Waals surface area contributed by atoms with Gasteiger partial charge in [-0.15, -0.1) is 0 Å². The highest BCUT2D eigenvalue weighted by atomic mass is 32.2. The van der Waals surface area contributed by atoms with E-state index in [1.807, 2.05) is 4.72 Å². The van der Waals surface area contributed by atoms with Crippen molar-refractivity contribution in [1.82, 2.24) is 19.6 Å². The van der Waals surface area contributed by atoms with Gasteiger partial charge in [-0.25, -0.2) is 22.5 Å². The molecule has 4 aromatic rings. The summed E-state index contributed by atoms with van der Waals surface area (Å²) in [5.41, 5.74) is 0.304. The third-order valence-corrected chi connectivity index (χ3v) is 9.38. The molecular formula is C30H31FN6O7S. The zero-order valence-electron chi connectivity index (χ0n) is 24.0. The summed E-state index contributed by atoms with van der Waals surface area (Å²) in [6.45, 7) is 1.86. The Labute approximate surface area is 257 Å². The van der Waals surface area contributed by atoms with E-state index in [-0.39, 0.29) is 35.7 Å². The maximum atomic E-state index is 14.3. The molecule has 13 nitrogen and oxygen atoms in total. The van der Waals surface area contributed by atoms with Crippen LogP contribution in [-0.2, 0) is 14.8 Å². The van der Waals surface area contributed by atoms with Crippen LogP contribution in [0.5, 0.6) is 11.5 Å². The van der Waals surface area contributed by atoms with Gasteiger partial charge in [0.05, 0.1) is 28.2 Å². The van der Waals surface area contributed by atoms with E-state index in [2.05, 4.69) is 20.2 Å². The van der Waals surface area contributed by atoms with Gasteiger partial charge < -0.3 is 19.8 Å². The van der Waals surface area contributed by atoms with E-state index in [4.69, 9.17) is 9.47 Å². The van der Waals surface area contributed by atoms with E-state index >= 15 is 0 Å². The van der Waals surface area contributed by atoms with Crippen LogP contribution in [-0.4, -0.2) is 78.7 Å². The predicted molar refractivity (Wildman–Crippen MR) is 163 cm³/mol. The molecule has 0 bridgehead atoms. The predicted octanol–water partition coefficient (Wildman–Crippen LogP) is 4.39. The number of fused-ring (bicyclic) bond motifs is 1. The first kappa shape index (κ1) is 30.4. The second-order valence-electron chi connectivity index (χ2n) is 11.0. The third-order valence-electron chi connectivity index (χ3n) is 8.05. The van der Waals surface area contributed by atoms with Crippen molar-refractivity contribution in [3.63, 3.8) is 0 Å². The molecule has 2 fully saturated rings. The number of halogens is 1. The second-order valence-corrected chi connectivity index (χ2v) is 12.6. The zero-order chi connectivity index (χ0) is 31.6. The number of carbonyl (C=O) groups excluding carboxylic acids is 1. The Bertz CT molecular complexity index is 1830. The number of pyridine rings is 1. The number of anilines is 1. The van der Waals surface area contributed by atoms with Gasteiger partial charge in [0.25, 0.3) is 21.6 Å². The van der Waals surface area contributed by atoms with E-state index in [0.717, 1.165) is 11.5 Å². The molecule has 2 atom stereocenters. The Morgan fingerprint density at radius 2 is 1.93 bits per heavy atom. The molecule has 2 aliphatic heterocycles. The standard InChI is InChI=1S/C30H31FN6O7S/c31-24-18-43-14-10-26(24)36-12-8-20(9-13-36)34-25-6-5-22(16-27(25)37(39)40)45(41,42)35-30(38)23-3-1-2-4-28(23)44-21-15-19-7-11-32-29(19)33-17-21/h1-7,11,15-17,20,24,26,34H,8-10,12-14,18H2,(H,32,33)(H,35,38)/t24-,26+/m0/s1. The molecule has 2 aliphatic rings. The highest BCUT2D eigenvalue weighted by Gasteiger charge is 2.34. The maximum Gasteiger partial charge on any atom is 0.293 e. The molecule has 45 heavy (non-hydrogen) atoms. The number of nitro benzene ring substituents is 1. The second kappa shape index (κ2) is 12.8. The molecule has 0 spiro atoms. The lowest BCUT2D eigenvalue weighted by molar-refractivity contribution is -0.384. The number of piperidine rings is 1. The first-order valence-electron chi connectivity index (χ1n) is 14.5. The number of rotatable bonds is 9. The van der Waals surface area contributed by atoms with Gasteiger partial charge in [-0.2, -0.15) is 0 Å². The van der Waals surface area contributed by atoms with Crippen LogP contribution in [0.1, 0.15) is 29.6 Å². The van der Waals surface area contributed by atoms with Crippen LogP contribution in [0.4, 0.5) is 15.8 Å². The Morgan fingerprint density at radius 3 is 2.71 bits per heavy atom. The highest BCUT2D eigenvalue weighted by molar-refractivity contribution is 7.90. The summed E-state index contributed by atoms with van der Waals surface area (Å²) in [6.07, 6.45) is 4.03. The SMILES string of the molecule is O=C(NS(=O)(=O)c1ccc(NC2CCN([C@@H]3CCOC[C@@H]3F)CC2)c([N+](=O)[O-])c1)c1ccccc1Oc1cnc2[nH]ccc2c1. The first-order chi connectivity index (χ1) is 21.7. The van der Waals surface area contributed by atoms with E-state index < -0.39 is 37.6 Å². The summed E-state index contributed by atoms with van der Waals surface area (Å²) in [5.74, 6) is -0.542. The molecule has 2 saturated heterocycles. The van der Waals surface area contributed by atoms with Crippen molar-refractivity contribution in [3.05, 3.63) is 82.7 Å². The zero-order valence-corrected chi connectivity index (χ0v) is 24.8. The van der Waals surface area contributed by atoms with Crippen LogP contribution < -0.4 is 14.8 Å². The number of nitrogens with one attached hydrogen (secondary N) is 3. The molecule has 0 radical (unpaired) electrons. The topological polar surface area (TPSA) is 169 Å². The monoisotopic (exact) mass is 638 g/mol. The van der Waals surface area contributed by atoms with Crippen molar-refractivity contribution < 1.29 is 32.0 Å². The average molecular weight is 639 g/mol. The van der Waals surface area contributed by atoms with Crippen LogP contribution in [0.3, 0.4) is 0 Å².